The molecule has 0 bridgehead atoms. The largest absolute Gasteiger partial charge is 0.241 e. The minimum absolute atomic E-state index is 0.00278. The van der Waals surface area contributed by atoms with Crippen LogP contribution in [0.5, 0.6) is 0 Å². The maximum absolute atomic E-state index is 13.2. The van der Waals surface area contributed by atoms with E-state index in [9.17, 15) is 12.8 Å². The summed E-state index contributed by atoms with van der Waals surface area (Å²) >= 11 is 5.55. The van der Waals surface area contributed by atoms with Crippen LogP contribution in [0, 0.1) is 11.9 Å². The van der Waals surface area contributed by atoms with Gasteiger partial charge in [0.15, 0.2) is 0 Å². The zero-order valence-corrected chi connectivity index (χ0v) is 11.3. The predicted molar refractivity (Wildman–Crippen MR) is 70.7 cm³/mol. The average Bonchev–Trinajstić information content (AvgIpc) is 2.41. The molecule has 0 heterocycles. The Morgan fingerprint density at radius 2 is 2.05 bits per heavy atom. The molecule has 0 aliphatic heterocycles. The van der Waals surface area contributed by atoms with E-state index in [0.29, 0.717) is 5.56 Å². The van der Waals surface area contributed by atoms with Crippen molar-refractivity contribution in [2.45, 2.75) is 11.4 Å². The normalized spacial score (nSPS) is 11.5. The van der Waals surface area contributed by atoms with E-state index in [2.05, 4.69) is 10.8 Å². The number of halogens is 2. The lowest BCUT2D eigenvalue weighted by atomic mass is 10.2. The molecule has 0 aliphatic rings. The van der Waals surface area contributed by atoms with E-state index in [1.54, 1.807) is 18.2 Å². The van der Waals surface area contributed by atoms with Crippen LogP contribution in [-0.4, -0.2) is 8.42 Å². The monoisotopic (exact) mass is 298 g/mol. The third-order valence-electron chi connectivity index (χ3n) is 2.42. The Balaban J connectivity index is 2.12. The van der Waals surface area contributed by atoms with E-state index in [1.807, 2.05) is 0 Å². The molecule has 3 nitrogen and oxygen atoms in total. The Hall–Kier alpha value is -1.43. The molecule has 1 radical (unpaired) electrons. The third-order valence-corrected chi connectivity index (χ3v) is 4.08. The first-order valence-electron chi connectivity index (χ1n) is 5.39. The molecule has 0 fully saturated rings. The van der Waals surface area contributed by atoms with Crippen LogP contribution >= 0.6 is 11.6 Å². The van der Waals surface area contributed by atoms with Crippen molar-refractivity contribution in [3.63, 3.8) is 0 Å². The molecule has 0 unspecified atom stereocenters. The topological polar surface area (TPSA) is 46.2 Å². The highest BCUT2D eigenvalue weighted by molar-refractivity contribution is 7.89. The van der Waals surface area contributed by atoms with Gasteiger partial charge >= 0.3 is 0 Å². The molecule has 0 spiro atoms. The smallest absolute Gasteiger partial charge is 0.207 e. The molecule has 2 aromatic rings. The summed E-state index contributed by atoms with van der Waals surface area (Å²) in [4.78, 5) is 0.0458. The van der Waals surface area contributed by atoms with Crippen molar-refractivity contribution in [3.8, 4) is 0 Å². The number of benzene rings is 2. The second-order valence-corrected chi connectivity index (χ2v) is 5.94. The summed E-state index contributed by atoms with van der Waals surface area (Å²) in [5.41, 5.74) is 0.487. The summed E-state index contributed by atoms with van der Waals surface area (Å²) in [7, 11) is -3.64. The summed E-state index contributed by atoms with van der Waals surface area (Å²) < 4.78 is 39.4. The molecule has 19 heavy (non-hydrogen) atoms. The van der Waals surface area contributed by atoms with Crippen molar-refractivity contribution < 1.29 is 12.8 Å². The quantitative estimate of drug-likeness (QED) is 0.943. The molecule has 99 valence electrons. The van der Waals surface area contributed by atoms with E-state index in [0.717, 1.165) is 0 Å². The van der Waals surface area contributed by atoms with Crippen LogP contribution in [-0.2, 0) is 16.6 Å². The average molecular weight is 299 g/mol. The van der Waals surface area contributed by atoms with Crippen LogP contribution in [0.1, 0.15) is 5.56 Å². The van der Waals surface area contributed by atoms with Crippen molar-refractivity contribution in [2.75, 3.05) is 0 Å². The van der Waals surface area contributed by atoms with Crippen LogP contribution in [0.4, 0.5) is 4.39 Å². The van der Waals surface area contributed by atoms with Gasteiger partial charge < -0.3 is 0 Å². The fourth-order valence-electron chi connectivity index (χ4n) is 1.45. The van der Waals surface area contributed by atoms with E-state index < -0.39 is 15.8 Å². The van der Waals surface area contributed by atoms with Crippen molar-refractivity contribution in [3.05, 3.63) is 64.9 Å². The van der Waals surface area contributed by atoms with Gasteiger partial charge in [0.2, 0.25) is 10.0 Å². The molecule has 0 aliphatic carbocycles. The minimum Gasteiger partial charge on any atom is -0.207 e. The van der Waals surface area contributed by atoms with Gasteiger partial charge in [0, 0.05) is 12.6 Å². The fourth-order valence-corrected chi connectivity index (χ4v) is 2.56. The van der Waals surface area contributed by atoms with Gasteiger partial charge in [-0.05, 0) is 23.8 Å². The lowest BCUT2D eigenvalue weighted by Gasteiger charge is -2.07. The van der Waals surface area contributed by atoms with Crippen molar-refractivity contribution in [1.29, 1.82) is 0 Å². The molecular formula is C13H10ClFNO2S. The maximum atomic E-state index is 13.2. The SMILES string of the molecule is O=S(=O)(NCc1ccc(Cl)c(F)c1)c1[c]cccc1. The number of nitrogens with one attached hydrogen (secondary N) is 1. The lowest BCUT2D eigenvalue weighted by Crippen LogP contribution is -2.23. The van der Waals surface area contributed by atoms with Crippen LogP contribution in [0.2, 0.25) is 5.02 Å². The van der Waals surface area contributed by atoms with Crippen molar-refractivity contribution in [2.24, 2.45) is 0 Å². The highest BCUT2D eigenvalue weighted by atomic mass is 35.5. The van der Waals surface area contributed by atoms with E-state index in [4.69, 9.17) is 11.6 Å². The number of hydrogen-bond donors (Lipinski definition) is 1. The standard InChI is InChI=1S/C13H10ClFNO2S/c14-12-7-6-10(8-13(12)15)9-16-19(17,18)11-4-2-1-3-5-11/h1-4,6-8,16H,9H2. The Kier molecular flexibility index (Phi) is 4.19. The van der Waals surface area contributed by atoms with Gasteiger partial charge in [-0.15, -0.1) is 0 Å². The summed E-state index contributed by atoms with van der Waals surface area (Å²) in [5, 5.41) is 0.00278. The van der Waals surface area contributed by atoms with Gasteiger partial charge in [-0.2, -0.15) is 0 Å². The van der Waals surface area contributed by atoms with Gasteiger partial charge in [0.05, 0.1) is 9.92 Å². The molecular weight excluding hydrogens is 289 g/mol. The zero-order valence-electron chi connectivity index (χ0n) is 9.73. The van der Waals surface area contributed by atoms with Gasteiger partial charge in [0.1, 0.15) is 5.82 Å². The Labute approximate surface area is 116 Å². The fraction of sp³-hybridized carbons (Fsp3) is 0.0769. The maximum Gasteiger partial charge on any atom is 0.241 e. The van der Waals surface area contributed by atoms with E-state index >= 15 is 0 Å². The molecule has 2 rings (SSSR count). The van der Waals surface area contributed by atoms with Gasteiger partial charge in [0.25, 0.3) is 0 Å². The van der Waals surface area contributed by atoms with Crippen LogP contribution in [0.15, 0.2) is 47.4 Å². The molecule has 2 aromatic carbocycles. The second kappa shape index (κ2) is 5.69. The zero-order chi connectivity index (χ0) is 13.9. The second-order valence-electron chi connectivity index (χ2n) is 3.80. The number of hydrogen-bond acceptors (Lipinski definition) is 2. The molecule has 0 amide bonds. The van der Waals surface area contributed by atoms with Crippen molar-refractivity contribution in [1.82, 2.24) is 4.72 Å². The third kappa shape index (κ3) is 3.53. The first-order valence-corrected chi connectivity index (χ1v) is 7.25. The molecule has 6 heteroatoms. The predicted octanol–water partition coefficient (Wildman–Crippen LogP) is 2.76. The van der Waals surface area contributed by atoms with E-state index in [1.165, 1.54) is 24.3 Å². The Bertz CT molecular complexity index is 674. The minimum atomic E-state index is -3.64. The van der Waals surface area contributed by atoms with E-state index in [-0.39, 0.29) is 16.5 Å². The number of rotatable bonds is 4. The van der Waals surface area contributed by atoms with Crippen LogP contribution in [0.25, 0.3) is 0 Å². The van der Waals surface area contributed by atoms with Gasteiger partial charge in [-0.3, -0.25) is 0 Å². The molecule has 0 saturated carbocycles. The summed E-state index contributed by atoms with van der Waals surface area (Å²) in [6, 6.07) is 13.0. The summed E-state index contributed by atoms with van der Waals surface area (Å²) in [5.74, 6) is -0.579. The van der Waals surface area contributed by atoms with Crippen LogP contribution < -0.4 is 4.72 Å². The Morgan fingerprint density at radius 1 is 1.26 bits per heavy atom. The van der Waals surface area contributed by atoms with Gasteiger partial charge in [-0.25, -0.2) is 17.5 Å². The first-order chi connectivity index (χ1) is 8.99. The lowest BCUT2D eigenvalue weighted by molar-refractivity contribution is 0.580. The Morgan fingerprint density at radius 3 is 2.68 bits per heavy atom. The molecule has 0 saturated heterocycles. The molecule has 0 atom stereocenters. The van der Waals surface area contributed by atoms with Gasteiger partial charge in [-0.1, -0.05) is 35.9 Å². The number of sulfonamides is 1. The summed E-state index contributed by atoms with van der Waals surface area (Å²) in [6.45, 7) is -0.0147. The molecule has 1 N–H and O–H groups in total. The van der Waals surface area contributed by atoms with Crippen molar-refractivity contribution >= 4 is 21.6 Å². The summed E-state index contributed by atoms with van der Waals surface area (Å²) in [6.07, 6.45) is 0. The first kappa shape index (κ1) is 14.0. The molecule has 0 aromatic heterocycles. The van der Waals surface area contributed by atoms with Crippen LogP contribution in [0.3, 0.4) is 0 Å². The highest BCUT2D eigenvalue weighted by Crippen LogP contribution is 2.16. The highest BCUT2D eigenvalue weighted by Gasteiger charge is 2.13.